The molecule has 1 aliphatic rings. The van der Waals surface area contributed by atoms with Gasteiger partial charge in [-0.15, -0.1) is 0 Å². The lowest BCUT2D eigenvalue weighted by molar-refractivity contribution is 0.0141. The Morgan fingerprint density at radius 2 is 2.26 bits per heavy atom. The Bertz CT molecular complexity index is 566. The monoisotopic (exact) mass is 328 g/mol. The molecule has 1 fully saturated rings. The molecule has 0 saturated carbocycles. The average Bonchev–Trinajstić information content (AvgIpc) is 2.82. The number of aliphatic hydroxyl groups is 1. The molecule has 7 heteroatoms. The maximum Gasteiger partial charge on any atom is 0.317 e. The Morgan fingerprint density at radius 1 is 1.52 bits per heavy atom. The molecule has 0 aliphatic carbocycles. The first-order valence-corrected chi connectivity index (χ1v) is 7.53. The fourth-order valence-electron chi connectivity index (χ4n) is 2.81. The summed E-state index contributed by atoms with van der Waals surface area (Å²) >= 11 is 0. The minimum absolute atomic E-state index is 0.304. The van der Waals surface area contributed by atoms with Gasteiger partial charge in [0.05, 0.1) is 26.3 Å². The number of alkyl halides is 2. The van der Waals surface area contributed by atoms with E-state index in [-0.39, 0.29) is 0 Å². The van der Waals surface area contributed by atoms with E-state index >= 15 is 0 Å². The van der Waals surface area contributed by atoms with Crippen molar-refractivity contribution in [1.29, 1.82) is 0 Å². The van der Waals surface area contributed by atoms with Gasteiger partial charge in [-0.25, -0.2) is 13.6 Å². The van der Waals surface area contributed by atoms with E-state index in [0.717, 1.165) is 21.8 Å². The van der Waals surface area contributed by atoms with E-state index in [1.54, 1.807) is 7.11 Å². The number of halogens is 2. The Balaban J connectivity index is 1.91. The maximum absolute atomic E-state index is 13.4. The van der Waals surface area contributed by atoms with Gasteiger partial charge >= 0.3 is 6.03 Å². The summed E-state index contributed by atoms with van der Waals surface area (Å²) in [6.07, 6.45) is 0.0350. The Hall–Kier alpha value is -1.89. The quantitative estimate of drug-likeness (QED) is 0.868. The fraction of sp³-hybridized carbons (Fsp3) is 0.562. The van der Waals surface area contributed by atoms with Crippen molar-refractivity contribution in [2.24, 2.45) is 0 Å². The van der Waals surface area contributed by atoms with E-state index in [1.165, 1.54) is 0 Å². The van der Waals surface area contributed by atoms with Gasteiger partial charge in [0.25, 0.3) is 5.92 Å². The van der Waals surface area contributed by atoms with Gasteiger partial charge in [0.1, 0.15) is 5.75 Å². The number of aliphatic hydroxyl groups excluding tert-OH is 1. The van der Waals surface area contributed by atoms with E-state index < -0.39 is 37.6 Å². The zero-order valence-corrected chi connectivity index (χ0v) is 13.3. The lowest BCUT2D eigenvalue weighted by atomic mass is 10.1. The number of carbonyl (C=O) groups is 1. The molecule has 23 heavy (non-hydrogen) atoms. The average molecular weight is 328 g/mol. The molecule has 5 nitrogen and oxygen atoms in total. The highest BCUT2D eigenvalue weighted by molar-refractivity contribution is 5.75. The number of hydrogen-bond acceptors (Lipinski definition) is 3. The zero-order chi connectivity index (χ0) is 17.0. The third-order valence-corrected chi connectivity index (χ3v) is 3.95. The van der Waals surface area contributed by atoms with Crippen LogP contribution in [0.5, 0.6) is 5.75 Å². The summed E-state index contributed by atoms with van der Waals surface area (Å²) in [4.78, 5) is 13.1. The van der Waals surface area contributed by atoms with Crippen LogP contribution in [-0.2, 0) is 6.42 Å². The van der Waals surface area contributed by atoms with Crippen molar-refractivity contribution in [3.8, 4) is 5.75 Å². The number of urea groups is 1. The summed E-state index contributed by atoms with van der Waals surface area (Å²) in [6.45, 7) is 1.14. The minimum atomic E-state index is -2.94. The van der Waals surface area contributed by atoms with Gasteiger partial charge < -0.3 is 20.1 Å². The molecule has 2 rings (SSSR count). The van der Waals surface area contributed by atoms with Gasteiger partial charge in [-0.3, -0.25) is 0 Å². The van der Waals surface area contributed by atoms with Crippen molar-refractivity contribution in [1.82, 2.24) is 10.2 Å². The molecule has 2 N–H and O–H groups in total. The lowest BCUT2D eigenvalue weighted by Gasteiger charge is -2.22. The van der Waals surface area contributed by atoms with Crippen molar-refractivity contribution in [3.63, 3.8) is 0 Å². The molecular formula is C16H22F2N2O3. The van der Waals surface area contributed by atoms with E-state index in [0.29, 0.717) is 13.0 Å². The maximum atomic E-state index is 13.4. The van der Waals surface area contributed by atoms with Crippen LogP contribution in [0, 0.1) is 6.92 Å². The Morgan fingerprint density at radius 3 is 2.91 bits per heavy atom. The summed E-state index contributed by atoms with van der Waals surface area (Å²) in [6, 6.07) is 4.34. The van der Waals surface area contributed by atoms with E-state index in [1.807, 2.05) is 25.1 Å². The molecule has 1 unspecified atom stereocenters. The van der Waals surface area contributed by atoms with Crippen LogP contribution in [-0.4, -0.2) is 54.8 Å². The Kier molecular flexibility index (Phi) is 5.41. The van der Waals surface area contributed by atoms with Gasteiger partial charge in [-0.2, -0.15) is 0 Å². The van der Waals surface area contributed by atoms with Crippen molar-refractivity contribution >= 4 is 6.03 Å². The van der Waals surface area contributed by atoms with Gasteiger partial charge in [0, 0.05) is 13.0 Å². The van der Waals surface area contributed by atoms with Crippen LogP contribution < -0.4 is 10.1 Å². The number of nitrogens with zero attached hydrogens (tertiary/aromatic N) is 1. The molecule has 128 valence electrons. The van der Waals surface area contributed by atoms with Crippen molar-refractivity contribution < 1.29 is 23.4 Å². The predicted molar refractivity (Wildman–Crippen MR) is 82.0 cm³/mol. The fourth-order valence-corrected chi connectivity index (χ4v) is 2.81. The molecule has 0 bridgehead atoms. The normalized spacial score (nSPS) is 19.7. The first-order valence-electron chi connectivity index (χ1n) is 7.53. The summed E-state index contributed by atoms with van der Waals surface area (Å²) < 4.78 is 32.0. The van der Waals surface area contributed by atoms with E-state index in [9.17, 15) is 13.6 Å². The van der Waals surface area contributed by atoms with Crippen LogP contribution in [0.4, 0.5) is 13.6 Å². The highest BCUT2D eigenvalue weighted by Crippen LogP contribution is 2.31. The lowest BCUT2D eigenvalue weighted by Crippen LogP contribution is -2.45. The van der Waals surface area contributed by atoms with Gasteiger partial charge in [0.2, 0.25) is 0 Å². The molecule has 1 aliphatic heterocycles. The van der Waals surface area contributed by atoms with Crippen LogP contribution in [0.1, 0.15) is 17.5 Å². The van der Waals surface area contributed by atoms with E-state index in [4.69, 9.17) is 9.84 Å². The highest BCUT2D eigenvalue weighted by Gasteiger charge is 2.46. The largest absolute Gasteiger partial charge is 0.496 e. The molecule has 0 radical (unpaired) electrons. The standard InChI is InChI=1S/C16H22F2N2O3/c1-11-3-4-14(23-2)12(7-11)5-6-19-15(22)20-10-16(17,18)8-13(20)9-21/h3-4,7,13,21H,5-6,8-10H2,1-2H3,(H,19,22). The molecule has 1 atom stereocenters. The SMILES string of the molecule is COc1ccc(C)cc1CCNC(=O)N1CC(F)(F)CC1CO. The number of carbonyl (C=O) groups excluding carboxylic acids is 1. The summed E-state index contributed by atoms with van der Waals surface area (Å²) in [5.74, 6) is -2.21. The molecule has 1 saturated heterocycles. The number of hydrogen-bond donors (Lipinski definition) is 2. The van der Waals surface area contributed by atoms with Crippen molar-refractivity contribution in [2.45, 2.75) is 31.7 Å². The second-order valence-electron chi connectivity index (χ2n) is 5.82. The molecule has 0 aromatic heterocycles. The number of amides is 2. The number of aryl methyl sites for hydroxylation is 1. The second-order valence-corrected chi connectivity index (χ2v) is 5.82. The van der Waals surface area contributed by atoms with Crippen LogP contribution in [0.3, 0.4) is 0 Å². The molecule has 1 heterocycles. The smallest absolute Gasteiger partial charge is 0.317 e. The zero-order valence-electron chi connectivity index (χ0n) is 13.3. The van der Waals surface area contributed by atoms with Crippen molar-refractivity contribution in [3.05, 3.63) is 29.3 Å². The van der Waals surface area contributed by atoms with Gasteiger partial charge in [0.15, 0.2) is 0 Å². The summed E-state index contributed by atoms with van der Waals surface area (Å²) in [7, 11) is 1.57. The number of likely N-dealkylation sites (tertiary alicyclic amines) is 1. The van der Waals surface area contributed by atoms with Crippen molar-refractivity contribution in [2.75, 3.05) is 26.8 Å². The van der Waals surface area contributed by atoms with E-state index in [2.05, 4.69) is 5.32 Å². The van der Waals surface area contributed by atoms with Crippen LogP contribution in [0.2, 0.25) is 0 Å². The topological polar surface area (TPSA) is 61.8 Å². The van der Waals surface area contributed by atoms with Gasteiger partial charge in [-0.05, 0) is 25.0 Å². The van der Waals surface area contributed by atoms with Gasteiger partial charge in [-0.1, -0.05) is 17.7 Å². The molecular weight excluding hydrogens is 306 g/mol. The second kappa shape index (κ2) is 7.12. The highest BCUT2D eigenvalue weighted by atomic mass is 19.3. The first kappa shape index (κ1) is 17.5. The number of benzene rings is 1. The summed E-state index contributed by atoms with van der Waals surface area (Å²) in [5, 5.41) is 11.8. The van der Waals surface area contributed by atoms with Crippen LogP contribution in [0.15, 0.2) is 18.2 Å². The minimum Gasteiger partial charge on any atom is -0.496 e. The number of nitrogens with one attached hydrogen (secondary N) is 1. The molecule has 1 aromatic rings. The number of ether oxygens (including phenoxy) is 1. The third kappa shape index (κ3) is 4.31. The van der Waals surface area contributed by atoms with Crippen LogP contribution >= 0.6 is 0 Å². The molecule has 1 aromatic carbocycles. The number of rotatable bonds is 5. The third-order valence-electron chi connectivity index (χ3n) is 3.95. The number of methoxy groups -OCH3 is 1. The Labute approximate surface area is 134 Å². The predicted octanol–water partition coefficient (Wildman–Crippen LogP) is 1.96. The molecule has 2 amide bonds. The molecule has 0 spiro atoms. The van der Waals surface area contributed by atoms with Crippen LogP contribution in [0.25, 0.3) is 0 Å². The first-order chi connectivity index (χ1) is 10.9. The summed E-state index contributed by atoms with van der Waals surface area (Å²) in [5.41, 5.74) is 2.02.